The zero-order valence-electron chi connectivity index (χ0n) is 20.7. The number of hydroxylamine groups is 1. The van der Waals surface area contributed by atoms with E-state index in [-0.39, 0.29) is 24.8 Å². The van der Waals surface area contributed by atoms with Crippen molar-refractivity contribution in [2.45, 2.75) is 17.5 Å². The number of carbonyl (C=O) groups excluding carboxylic acids is 2. The van der Waals surface area contributed by atoms with Gasteiger partial charge in [-0.1, -0.05) is 6.07 Å². The van der Waals surface area contributed by atoms with Crippen LogP contribution in [0.5, 0.6) is 17.2 Å². The molecule has 15 heteroatoms. The van der Waals surface area contributed by atoms with Crippen LogP contribution in [-0.4, -0.2) is 72.7 Å². The van der Waals surface area contributed by atoms with Crippen molar-refractivity contribution in [3.63, 3.8) is 0 Å². The number of fused-ring (bicyclic) bond motifs is 1. The number of nitrogens with zero attached hydrogens (tertiary/aromatic N) is 3. The predicted octanol–water partition coefficient (Wildman–Crippen LogP) is 0.507. The summed E-state index contributed by atoms with van der Waals surface area (Å²) in [4.78, 5) is 33.0. The molecular formula is C24H26N6O8S. The highest BCUT2D eigenvalue weighted by molar-refractivity contribution is 7.89. The molecule has 0 aliphatic carbocycles. The van der Waals surface area contributed by atoms with E-state index in [0.717, 1.165) is 4.31 Å². The molecule has 0 bridgehead atoms. The second-order valence-electron chi connectivity index (χ2n) is 8.15. The summed E-state index contributed by atoms with van der Waals surface area (Å²) < 4.78 is 44.3. The van der Waals surface area contributed by atoms with Crippen molar-refractivity contribution in [3.8, 4) is 17.2 Å². The van der Waals surface area contributed by atoms with E-state index in [0.29, 0.717) is 28.6 Å². The van der Waals surface area contributed by atoms with Crippen LogP contribution in [0.4, 0.5) is 5.82 Å². The number of nitrogens with one attached hydrogen (secondary N) is 3. The van der Waals surface area contributed by atoms with E-state index in [1.165, 1.54) is 55.4 Å². The summed E-state index contributed by atoms with van der Waals surface area (Å²) in [6.07, 6.45) is 4.34. The first kappa shape index (κ1) is 27.6. The average Bonchev–Trinajstić information content (AvgIpc) is 3.44. The summed E-state index contributed by atoms with van der Waals surface area (Å²) >= 11 is 0. The number of hydrogen-bond donors (Lipinski definition) is 4. The molecule has 0 saturated heterocycles. The number of methoxy groups -OCH3 is 1. The zero-order valence-corrected chi connectivity index (χ0v) is 21.6. The molecule has 3 aromatic rings. The van der Waals surface area contributed by atoms with Gasteiger partial charge in [-0.05, 0) is 42.0 Å². The summed E-state index contributed by atoms with van der Waals surface area (Å²) in [7, 11) is -2.90. The molecule has 1 atom stereocenters. The fraction of sp³-hybridized carbons (Fsp3) is 0.250. The van der Waals surface area contributed by atoms with E-state index in [1.54, 1.807) is 18.2 Å². The third kappa shape index (κ3) is 6.70. The van der Waals surface area contributed by atoms with Crippen molar-refractivity contribution in [2.75, 3.05) is 32.3 Å². The number of hydrogen-bond acceptors (Lipinski definition) is 11. The van der Waals surface area contributed by atoms with E-state index in [9.17, 15) is 23.2 Å². The van der Waals surface area contributed by atoms with Crippen molar-refractivity contribution >= 4 is 27.7 Å². The second-order valence-corrected chi connectivity index (χ2v) is 10.0. The zero-order chi connectivity index (χ0) is 27.8. The monoisotopic (exact) mass is 558 g/mol. The number of benzene rings is 2. The van der Waals surface area contributed by atoms with Gasteiger partial charge in [0.2, 0.25) is 22.7 Å². The van der Waals surface area contributed by atoms with Gasteiger partial charge >= 0.3 is 0 Å². The molecule has 14 nitrogen and oxygen atoms in total. The first-order chi connectivity index (χ1) is 18.8. The standard InChI is InChI=1S/C24H26N6O8S/c1-36-17-3-5-18(6-4-17)39(34,35)30(14-16-2-7-20-21(10-16)38-15-37-20)19(24(32)29-33)11-28-23(31)13-27-22-12-25-8-9-26-22/h2-10,12,19,33H,11,13-15H2,1H3,(H,26,27)(H,28,31)(H,29,32)/t19-/m1/s1. The maximum absolute atomic E-state index is 13.8. The Morgan fingerprint density at radius 1 is 1.13 bits per heavy atom. The highest BCUT2D eigenvalue weighted by atomic mass is 32.2. The largest absolute Gasteiger partial charge is 0.497 e. The highest BCUT2D eigenvalue weighted by Gasteiger charge is 2.37. The summed E-state index contributed by atoms with van der Waals surface area (Å²) in [6.45, 7) is -0.944. The molecule has 4 rings (SSSR count). The average molecular weight is 559 g/mol. The van der Waals surface area contributed by atoms with Crippen molar-refractivity contribution < 1.29 is 37.4 Å². The Labute approximate surface area is 223 Å². The lowest BCUT2D eigenvalue weighted by Gasteiger charge is -2.30. The SMILES string of the molecule is COc1ccc(S(=O)(=O)N(Cc2ccc3c(c2)OCO3)[C@H](CNC(=O)CNc2cnccn2)C(=O)NO)cc1. The van der Waals surface area contributed by atoms with E-state index >= 15 is 0 Å². The maximum atomic E-state index is 13.8. The molecule has 1 aromatic heterocycles. The summed E-state index contributed by atoms with van der Waals surface area (Å²) in [5.74, 6) is 0.0977. The summed E-state index contributed by atoms with van der Waals surface area (Å²) in [5, 5.41) is 14.7. The summed E-state index contributed by atoms with van der Waals surface area (Å²) in [5.41, 5.74) is 1.98. The number of carbonyl (C=O) groups is 2. The van der Waals surface area contributed by atoms with E-state index in [1.807, 2.05) is 0 Å². The van der Waals surface area contributed by atoms with Gasteiger partial charge in [-0.25, -0.2) is 18.9 Å². The molecule has 2 aromatic carbocycles. The normalized spacial score (nSPS) is 13.0. The van der Waals surface area contributed by atoms with Gasteiger partial charge in [0, 0.05) is 25.5 Å². The molecule has 39 heavy (non-hydrogen) atoms. The van der Waals surface area contributed by atoms with Crippen LogP contribution in [-0.2, 0) is 26.2 Å². The molecule has 0 unspecified atom stereocenters. The van der Waals surface area contributed by atoms with Crippen LogP contribution in [0.1, 0.15) is 5.56 Å². The van der Waals surface area contributed by atoms with Crippen molar-refractivity contribution in [3.05, 3.63) is 66.6 Å². The molecule has 1 aliphatic rings. The first-order valence-electron chi connectivity index (χ1n) is 11.6. The molecule has 1 aliphatic heterocycles. The van der Waals surface area contributed by atoms with Gasteiger partial charge in [-0.15, -0.1) is 0 Å². The van der Waals surface area contributed by atoms with Gasteiger partial charge in [0.1, 0.15) is 17.6 Å². The Balaban J connectivity index is 1.60. The molecule has 206 valence electrons. The van der Waals surface area contributed by atoms with Gasteiger partial charge in [0.25, 0.3) is 5.91 Å². The minimum Gasteiger partial charge on any atom is -0.497 e. The van der Waals surface area contributed by atoms with Crippen molar-refractivity contribution in [1.29, 1.82) is 0 Å². The van der Waals surface area contributed by atoms with Gasteiger partial charge in [-0.2, -0.15) is 4.31 Å². The first-order valence-corrected chi connectivity index (χ1v) is 13.0. The van der Waals surface area contributed by atoms with Crippen molar-refractivity contribution in [2.24, 2.45) is 0 Å². The van der Waals surface area contributed by atoms with Gasteiger partial charge in [-0.3, -0.25) is 19.8 Å². The number of anilines is 1. The van der Waals surface area contributed by atoms with E-state index in [4.69, 9.17) is 14.2 Å². The number of rotatable bonds is 12. The molecule has 4 N–H and O–H groups in total. The van der Waals surface area contributed by atoms with Crippen molar-refractivity contribution in [1.82, 2.24) is 25.1 Å². The predicted molar refractivity (Wildman–Crippen MR) is 136 cm³/mol. The van der Waals surface area contributed by atoms with Crippen LogP contribution in [0.15, 0.2) is 66.0 Å². The molecule has 0 radical (unpaired) electrons. The Morgan fingerprint density at radius 2 is 1.90 bits per heavy atom. The van der Waals surface area contributed by atoms with Gasteiger partial charge < -0.3 is 24.8 Å². The second kappa shape index (κ2) is 12.4. The van der Waals surface area contributed by atoms with Gasteiger partial charge in [0.05, 0.1) is 24.7 Å². The van der Waals surface area contributed by atoms with Crippen LogP contribution in [0.2, 0.25) is 0 Å². The lowest BCUT2D eigenvalue weighted by Crippen LogP contribution is -2.54. The fourth-order valence-electron chi connectivity index (χ4n) is 3.70. The van der Waals surface area contributed by atoms with Gasteiger partial charge in [0.15, 0.2) is 11.5 Å². The molecule has 2 heterocycles. The number of ether oxygens (including phenoxy) is 3. The third-order valence-corrected chi connectivity index (χ3v) is 7.56. The Kier molecular flexibility index (Phi) is 8.75. The number of sulfonamides is 1. The van der Waals surface area contributed by atoms with Crippen LogP contribution >= 0.6 is 0 Å². The highest BCUT2D eigenvalue weighted by Crippen LogP contribution is 2.33. The summed E-state index contributed by atoms with van der Waals surface area (Å²) in [6, 6.07) is 8.90. The molecule has 2 amide bonds. The minimum absolute atomic E-state index is 0.0246. The molecule has 0 fully saturated rings. The molecule has 0 saturated carbocycles. The third-order valence-electron chi connectivity index (χ3n) is 5.69. The van der Waals surface area contributed by atoms with Crippen LogP contribution in [0, 0.1) is 0 Å². The Hall–Kier alpha value is -4.47. The molecular weight excluding hydrogens is 532 g/mol. The number of aromatic nitrogens is 2. The lowest BCUT2D eigenvalue weighted by molar-refractivity contribution is -0.133. The maximum Gasteiger partial charge on any atom is 0.263 e. The smallest absolute Gasteiger partial charge is 0.263 e. The molecule has 0 spiro atoms. The Morgan fingerprint density at radius 3 is 2.59 bits per heavy atom. The van der Waals surface area contributed by atoms with Crippen LogP contribution < -0.4 is 30.3 Å². The quantitative estimate of drug-likeness (QED) is 0.180. The minimum atomic E-state index is -4.35. The van der Waals surface area contributed by atoms with E-state index < -0.39 is 34.4 Å². The van der Waals surface area contributed by atoms with Crippen LogP contribution in [0.3, 0.4) is 0 Å². The van der Waals surface area contributed by atoms with Crippen LogP contribution in [0.25, 0.3) is 0 Å². The Bertz CT molecular complexity index is 1410. The fourth-order valence-corrected chi connectivity index (χ4v) is 5.27. The lowest BCUT2D eigenvalue weighted by atomic mass is 10.1. The number of amides is 2. The topological polar surface area (TPSA) is 181 Å². The van der Waals surface area contributed by atoms with E-state index in [2.05, 4.69) is 20.6 Å².